The molecule has 1 aromatic carbocycles. The number of amides is 1. The third-order valence-corrected chi connectivity index (χ3v) is 3.00. The molecule has 2 aromatic rings. The van der Waals surface area contributed by atoms with Gasteiger partial charge in [-0.3, -0.25) is 9.78 Å². The monoisotopic (exact) mass is 232 g/mol. The zero-order valence-electron chi connectivity index (χ0n) is 9.70. The number of nitrogens with two attached hydrogens (primary N) is 1. The summed E-state index contributed by atoms with van der Waals surface area (Å²) in [4.78, 5) is 15.4. The van der Waals surface area contributed by atoms with Gasteiger partial charge >= 0.3 is 0 Å². The molecule has 2 rings (SSSR count). The summed E-state index contributed by atoms with van der Waals surface area (Å²) < 4.78 is 13.4. The second-order valence-electron chi connectivity index (χ2n) is 4.52. The van der Waals surface area contributed by atoms with Crippen LogP contribution in [0.2, 0.25) is 0 Å². The zero-order valence-corrected chi connectivity index (χ0v) is 9.70. The number of hydrogen-bond acceptors (Lipinski definition) is 2. The van der Waals surface area contributed by atoms with E-state index in [9.17, 15) is 9.18 Å². The smallest absolute Gasteiger partial charge is 0.227 e. The number of benzene rings is 1. The van der Waals surface area contributed by atoms with Crippen molar-refractivity contribution < 1.29 is 9.18 Å². The molecule has 2 N–H and O–H groups in total. The summed E-state index contributed by atoms with van der Waals surface area (Å²) in [5, 5.41) is 0.664. The maximum atomic E-state index is 13.4. The van der Waals surface area contributed by atoms with Crippen LogP contribution in [0.4, 0.5) is 4.39 Å². The fourth-order valence-electron chi connectivity index (χ4n) is 1.61. The van der Waals surface area contributed by atoms with E-state index in [1.54, 1.807) is 32.0 Å². The summed E-state index contributed by atoms with van der Waals surface area (Å²) in [7, 11) is 0. The number of halogens is 1. The molecular formula is C13H13FN2O. The maximum absolute atomic E-state index is 13.4. The highest BCUT2D eigenvalue weighted by Crippen LogP contribution is 2.25. The van der Waals surface area contributed by atoms with Crippen LogP contribution in [0.1, 0.15) is 19.4 Å². The Bertz CT molecular complexity index is 593. The molecule has 0 spiro atoms. The summed E-state index contributed by atoms with van der Waals surface area (Å²) in [6.07, 6.45) is 1.50. The Hall–Kier alpha value is -1.97. The normalized spacial score (nSPS) is 11.7. The molecule has 88 valence electrons. The Morgan fingerprint density at radius 1 is 1.41 bits per heavy atom. The van der Waals surface area contributed by atoms with Crippen molar-refractivity contribution in [3.8, 4) is 0 Å². The SMILES string of the molecule is CC(C)(C(N)=O)c1cnc2c(F)cccc2c1. The molecule has 0 saturated carbocycles. The molecule has 4 heteroatoms. The van der Waals surface area contributed by atoms with Crippen molar-refractivity contribution >= 4 is 16.8 Å². The lowest BCUT2D eigenvalue weighted by atomic mass is 9.84. The van der Waals surface area contributed by atoms with Crippen molar-refractivity contribution in [3.05, 3.63) is 41.8 Å². The number of aromatic nitrogens is 1. The Labute approximate surface area is 98.5 Å². The second kappa shape index (κ2) is 3.80. The molecular weight excluding hydrogens is 219 g/mol. The minimum atomic E-state index is -0.812. The van der Waals surface area contributed by atoms with Gasteiger partial charge in [0.2, 0.25) is 5.91 Å². The first-order valence-electron chi connectivity index (χ1n) is 5.27. The number of pyridine rings is 1. The minimum absolute atomic E-state index is 0.302. The van der Waals surface area contributed by atoms with Gasteiger partial charge in [-0.15, -0.1) is 0 Å². The van der Waals surface area contributed by atoms with Crippen LogP contribution in [0.5, 0.6) is 0 Å². The van der Waals surface area contributed by atoms with E-state index < -0.39 is 11.3 Å². The fraction of sp³-hybridized carbons (Fsp3) is 0.231. The average Bonchev–Trinajstić information content (AvgIpc) is 2.28. The summed E-state index contributed by atoms with van der Waals surface area (Å²) in [5.41, 5.74) is 5.51. The number of fused-ring (bicyclic) bond motifs is 1. The van der Waals surface area contributed by atoms with E-state index in [1.165, 1.54) is 12.3 Å². The Morgan fingerprint density at radius 2 is 2.12 bits per heavy atom. The van der Waals surface area contributed by atoms with Gasteiger partial charge in [-0.2, -0.15) is 0 Å². The highest BCUT2D eigenvalue weighted by Gasteiger charge is 2.27. The van der Waals surface area contributed by atoms with Gasteiger partial charge in [-0.05, 0) is 31.5 Å². The number of carbonyl (C=O) groups excluding carboxylic acids is 1. The van der Waals surface area contributed by atoms with E-state index in [0.717, 1.165) is 0 Å². The summed E-state index contributed by atoms with van der Waals surface area (Å²) in [5.74, 6) is -0.805. The van der Waals surface area contributed by atoms with E-state index in [1.807, 2.05) is 0 Å². The zero-order chi connectivity index (χ0) is 12.6. The van der Waals surface area contributed by atoms with Crippen molar-refractivity contribution in [1.82, 2.24) is 4.98 Å². The van der Waals surface area contributed by atoms with Gasteiger partial charge < -0.3 is 5.73 Å². The van der Waals surface area contributed by atoms with Gasteiger partial charge in [0.15, 0.2) is 0 Å². The van der Waals surface area contributed by atoms with Crippen LogP contribution in [-0.4, -0.2) is 10.9 Å². The van der Waals surface area contributed by atoms with E-state index in [-0.39, 0.29) is 5.82 Å². The van der Waals surface area contributed by atoms with Gasteiger partial charge in [-0.25, -0.2) is 4.39 Å². The van der Waals surface area contributed by atoms with Crippen LogP contribution in [0.3, 0.4) is 0 Å². The molecule has 1 heterocycles. The number of hydrogen-bond donors (Lipinski definition) is 1. The molecule has 0 aliphatic carbocycles. The highest BCUT2D eigenvalue weighted by molar-refractivity contribution is 5.88. The molecule has 3 nitrogen and oxygen atoms in total. The third kappa shape index (κ3) is 1.86. The van der Waals surface area contributed by atoms with Gasteiger partial charge in [0.05, 0.1) is 5.41 Å². The molecule has 0 aliphatic heterocycles. The largest absolute Gasteiger partial charge is 0.369 e. The first kappa shape index (κ1) is 11.5. The molecule has 0 atom stereocenters. The van der Waals surface area contributed by atoms with E-state index in [2.05, 4.69) is 4.98 Å². The van der Waals surface area contributed by atoms with Gasteiger partial charge in [0.25, 0.3) is 0 Å². The highest BCUT2D eigenvalue weighted by atomic mass is 19.1. The Morgan fingerprint density at radius 3 is 2.76 bits per heavy atom. The lowest BCUT2D eigenvalue weighted by molar-refractivity contribution is -0.122. The first-order valence-corrected chi connectivity index (χ1v) is 5.27. The predicted octanol–water partition coefficient (Wildman–Crippen LogP) is 2.14. The van der Waals surface area contributed by atoms with Gasteiger partial charge in [-0.1, -0.05) is 12.1 Å². The van der Waals surface area contributed by atoms with Crippen molar-refractivity contribution in [3.63, 3.8) is 0 Å². The average molecular weight is 232 g/mol. The van der Waals surface area contributed by atoms with E-state index >= 15 is 0 Å². The van der Waals surface area contributed by atoms with Crippen molar-refractivity contribution in [2.24, 2.45) is 5.73 Å². The summed E-state index contributed by atoms with van der Waals surface area (Å²) in [6, 6.07) is 6.47. The van der Waals surface area contributed by atoms with Crippen molar-refractivity contribution in [2.75, 3.05) is 0 Å². The molecule has 1 aromatic heterocycles. The number of rotatable bonds is 2. The van der Waals surface area contributed by atoms with Crippen LogP contribution in [0, 0.1) is 5.82 Å². The number of primary amides is 1. The van der Waals surface area contributed by atoms with Crippen LogP contribution >= 0.6 is 0 Å². The second-order valence-corrected chi connectivity index (χ2v) is 4.52. The number of carbonyl (C=O) groups is 1. The van der Waals surface area contributed by atoms with Crippen molar-refractivity contribution in [1.29, 1.82) is 0 Å². The maximum Gasteiger partial charge on any atom is 0.227 e. The fourth-order valence-corrected chi connectivity index (χ4v) is 1.61. The number of nitrogens with zero attached hydrogens (tertiary/aromatic N) is 1. The van der Waals surface area contributed by atoms with Crippen LogP contribution in [-0.2, 0) is 10.2 Å². The molecule has 0 bridgehead atoms. The van der Waals surface area contributed by atoms with E-state index in [0.29, 0.717) is 16.5 Å². The molecule has 0 fully saturated rings. The lowest BCUT2D eigenvalue weighted by Crippen LogP contribution is -2.35. The van der Waals surface area contributed by atoms with Gasteiger partial charge in [0.1, 0.15) is 11.3 Å². The first-order chi connectivity index (χ1) is 7.93. The Balaban J connectivity index is 2.64. The lowest BCUT2D eigenvalue weighted by Gasteiger charge is -2.20. The van der Waals surface area contributed by atoms with E-state index in [4.69, 9.17) is 5.73 Å². The standard InChI is InChI=1S/C13H13FN2O/c1-13(2,12(15)17)9-6-8-4-3-5-10(14)11(8)16-7-9/h3-7H,1-2H3,(H2,15,17). The number of para-hydroxylation sites is 1. The minimum Gasteiger partial charge on any atom is -0.369 e. The Kier molecular flexibility index (Phi) is 2.58. The summed E-state index contributed by atoms with van der Waals surface area (Å²) in [6.45, 7) is 3.44. The molecule has 1 amide bonds. The van der Waals surface area contributed by atoms with Gasteiger partial charge in [0, 0.05) is 11.6 Å². The van der Waals surface area contributed by atoms with Crippen molar-refractivity contribution in [2.45, 2.75) is 19.3 Å². The predicted molar refractivity (Wildman–Crippen MR) is 63.9 cm³/mol. The molecule has 17 heavy (non-hydrogen) atoms. The molecule has 0 radical (unpaired) electrons. The third-order valence-electron chi connectivity index (χ3n) is 3.00. The van der Waals surface area contributed by atoms with Crippen LogP contribution < -0.4 is 5.73 Å². The van der Waals surface area contributed by atoms with Crippen LogP contribution in [0.25, 0.3) is 10.9 Å². The molecule has 0 aliphatic rings. The van der Waals surface area contributed by atoms with Crippen LogP contribution in [0.15, 0.2) is 30.5 Å². The topological polar surface area (TPSA) is 56.0 Å². The molecule has 0 unspecified atom stereocenters. The quantitative estimate of drug-likeness (QED) is 0.862. The molecule has 0 saturated heterocycles. The summed E-state index contributed by atoms with van der Waals surface area (Å²) >= 11 is 0.